The molecule has 0 aromatic carbocycles. The summed E-state index contributed by atoms with van der Waals surface area (Å²) in [5, 5.41) is 18.2. The van der Waals surface area contributed by atoms with Crippen molar-refractivity contribution in [3.63, 3.8) is 0 Å². The van der Waals surface area contributed by atoms with Gasteiger partial charge in [0, 0.05) is 12.8 Å². The molecule has 0 rings (SSSR count). The Balaban J connectivity index is 4.80. The van der Waals surface area contributed by atoms with Crippen LogP contribution in [0.3, 0.4) is 0 Å². The maximum absolute atomic E-state index is 11.4. The van der Waals surface area contributed by atoms with Crippen LogP contribution >= 0.6 is 0 Å². The van der Waals surface area contributed by atoms with Gasteiger partial charge in [-0.15, -0.1) is 0 Å². The Kier molecular flexibility index (Phi) is 6.11. The van der Waals surface area contributed by atoms with E-state index in [0.717, 1.165) is 0 Å². The molecule has 0 amide bonds. The van der Waals surface area contributed by atoms with Gasteiger partial charge in [0.2, 0.25) is 0 Å². The normalized spacial score (nSPS) is 10.4. The molecule has 0 aliphatic heterocycles. The van der Waals surface area contributed by atoms with Crippen molar-refractivity contribution in [3.05, 3.63) is 0 Å². The monoisotopic (exact) mass is 229 g/mol. The van der Waals surface area contributed by atoms with Gasteiger partial charge in [0.25, 0.3) is 5.60 Å². The minimum absolute atomic E-state index is 0.0348. The van der Waals surface area contributed by atoms with Crippen molar-refractivity contribution >= 4 is 11.9 Å². The molecule has 0 aliphatic rings. The predicted molar refractivity (Wildman–Crippen MR) is 53.1 cm³/mol. The number of nitriles is 1. The van der Waals surface area contributed by atoms with Gasteiger partial charge in [-0.05, 0) is 13.8 Å². The number of carbonyl (C=O) groups is 2. The molecule has 0 saturated heterocycles. The Labute approximate surface area is 93.8 Å². The number of hydrogen-bond donors (Lipinski definition) is 1. The van der Waals surface area contributed by atoms with Crippen LogP contribution in [0.5, 0.6) is 0 Å². The first kappa shape index (κ1) is 14.4. The van der Waals surface area contributed by atoms with Crippen LogP contribution in [-0.4, -0.2) is 35.9 Å². The van der Waals surface area contributed by atoms with Gasteiger partial charge in [-0.25, -0.2) is 9.59 Å². The first-order chi connectivity index (χ1) is 7.52. The standard InChI is InChI=1S/C10H15NO5/c1-3-15-8(12)10(14,6-5-7-11)9(13)16-4-2/h14H,3-6H2,1-2H3. The Morgan fingerprint density at radius 1 is 1.25 bits per heavy atom. The van der Waals surface area contributed by atoms with Crippen LogP contribution in [0.1, 0.15) is 26.7 Å². The minimum atomic E-state index is -2.37. The van der Waals surface area contributed by atoms with E-state index in [1.54, 1.807) is 19.9 Å². The highest BCUT2D eigenvalue weighted by Gasteiger charge is 2.46. The summed E-state index contributed by atoms with van der Waals surface area (Å²) in [7, 11) is 0. The average Bonchev–Trinajstić information content (AvgIpc) is 2.26. The molecule has 0 aliphatic carbocycles. The molecule has 0 aromatic rings. The molecule has 90 valence electrons. The van der Waals surface area contributed by atoms with E-state index < -0.39 is 17.5 Å². The summed E-state index contributed by atoms with van der Waals surface area (Å²) in [4.78, 5) is 22.8. The minimum Gasteiger partial charge on any atom is -0.463 e. The van der Waals surface area contributed by atoms with Crippen molar-refractivity contribution in [3.8, 4) is 6.07 Å². The second kappa shape index (κ2) is 6.80. The van der Waals surface area contributed by atoms with Crippen LogP contribution in [0.2, 0.25) is 0 Å². The lowest BCUT2D eigenvalue weighted by Gasteiger charge is -2.22. The number of esters is 2. The lowest BCUT2D eigenvalue weighted by atomic mass is 9.98. The van der Waals surface area contributed by atoms with E-state index in [2.05, 4.69) is 9.47 Å². The van der Waals surface area contributed by atoms with Gasteiger partial charge in [0.1, 0.15) is 0 Å². The van der Waals surface area contributed by atoms with Crippen LogP contribution in [0.15, 0.2) is 0 Å². The van der Waals surface area contributed by atoms with Crippen LogP contribution in [0, 0.1) is 11.3 Å². The third-order valence-electron chi connectivity index (χ3n) is 1.82. The molecular formula is C10H15NO5. The highest BCUT2D eigenvalue weighted by molar-refractivity contribution is 6.03. The molecule has 0 saturated carbocycles. The first-order valence-corrected chi connectivity index (χ1v) is 4.96. The molecule has 16 heavy (non-hydrogen) atoms. The van der Waals surface area contributed by atoms with Crippen LogP contribution < -0.4 is 0 Å². The molecule has 0 atom stereocenters. The second-order valence-electron chi connectivity index (χ2n) is 2.96. The summed E-state index contributed by atoms with van der Waals surface area (Å²) < 4.78 is 9.14. The van der Waals surface area contributed by atoms with Crippen LogP contribution in [0.25, 0.3) is 0 Å². The van der Waals surface area contributed by atoms with Gasteiger partial charge in [-0.3, -0.25) is 0 Å². The number of hydrogen-bond acceptors (Lipinski definition) is 6. The highest BCUT2D eigenvalue weighted by Crippen LogP contribution is 2.17. The van der Waals surface area contributed by atoms with Crippen LogP contribution in [0.4, 0.5) is 0 Å². The maximum Gasteiger partial charge on any atom is 0.350 e. The first-order valence-electron chi connectivity index (χ1n) is 4.96. The fourth-order valence-electron chi connectivity index (χ4n) is 1.03. The Morgan fingerprint density at radius 2 is 1.69 bits per heavy atom. The molecule has 0 heterocycles. The molecule has 6 heteroatoms. The molecule has 0 fully saturated rings. The van der Waals surface area contributed by atoms with E-state index in [1.807, 2.05) is 0 Å². The predicted octanol–water partition coefficient (Wildman–Crippen LogP) is 0.147. The number of nitrogens with zero attached hydrogens (tertiary/aromatic N) is 1. The number of rotatable bonds is 6. The van der Waals surface area contributed by atoms with E-state index in [0.29, 0.717) is 0 Å². The smallest absolute Gasteiger partial charge is 0.350 e. The topological polar surface area (TPSA) is 96.6 Å². The zero-order valence-corrected chi connectivity index (χ0v) is 9.36. The summed E-state index contributed by atoms with van der Waals surface area (Å²) in [5.41, 5.74) is -2.37. The zero-order valence-electron chi connectivity index (χ0n) is 9.36. The summed E-state index contributed by atoms with van der Waals surface area (Å²) >= 11 is 0. The van der Waals surface area contributed by atoms with Crippen LogP contribution in [-0.2, 0) is 19.1 Å². The van der Waals surface area contributed by atoms with Gasteiger partial charge in [-0.1, -0.05) is 0 Å². The van der Waals surface area contributed by atoms with Gasteiger partial charge in [-0.2, -0.15) is 5.26 Å². The van der Waals surface area contributed by atoms with Crippen molar-refractivity contribution in [1.29, 1.82) is 5.26 Å². The van der Waals surface area contributed by atoms with Gasteiger partial charge < -0.3 is 14.6 Å². The Morgan fingerprint density at radius 3 is 2.00 bits per heavy atom. The number of carbonyl (C=O) groups excluding carboxylic acids is 2. The second-order valence-corrected chi connectivity index (χ2v) is 2.96. The molecule has 6 nitrogen and oxygen atoms in total. The average molecular weight is 229 g/mol. The fraction of sp³-hybridized carbons (Fsp3) is 0.700. The van der Waals surface area contributed by atoms with E-state index in [1.165, 1.54) is 0 Å². The van der Waals surface area contributed by atoms with E-state index in [-0.39, 0.29) is 26.1 Å². The van der Waals surface area contributed by atoms with Gasteiger partial charge in [0.05, 0.1) is 19.3 Å². The van der Waals surface area contributed by atoms with E-state index >= 15 is 0 Å². The Bertz CT molecular complexity index is 276. The van der Waals surface area contributed by atoms with Crippen molar-refractivity contribution in [2.24, 2.45) is 0 Å². The zero-order chi connectivity index (χ0) is 12.6. The molecule has 0 spiro atoms. The van der Waals surface area contributed by atoms with Gasteiger partial charge in [0.15, 0.2) is 0 Å². The van der Waals surface area contributed by atoms with Crippen molar-refractivity contribution in [2.45, 2.75) is 32.3 Å². The number of aliphatic hydroxyl groups is 1. The molecule has 0 aromatic heterocycles. The molecule has 0 bridgehead atoms. The lowest BCUT2D eigenvalue weighted by molar-refractivity contribution is -0.184. The lowest BCUT2D eigenvalue weighted by Crippen LogP contribution is -2.48. The third kappa shape index (κ3) is 3.51. The largest absolute Gasteiger partial charge is 0.463 e. The fourth-order valence-corrected chi connectivity index (χ4v) is 1.03. The summed E-state index contributed by atoms with van der Waals surface area (Å²) in [6, 6.07) is 1.74. The van der Waals surface area contributed by atoms with Gasteiger partial charge >= 0.3 is 11.9 Å². The Hall–Kier alpha value is -1.61. The number of ether oxygens (including phenoxy) is 2. The third-order valence-corrected chi connectivity index (χ3v) is 1.82. The summed E-state index contributed by atoms with van der Waals surface area (Å²) in [5.74, 6) is -2.16. The SMILES string of the molecule is CCOC(=O)C(O)(CCC#N)C(=O)OCC. The van der Waals surface area contributed by atoms with E-state index in [9.17, 15) is 14.7 Å². The van der Waals surface area contributed by atoms with Crippen molar-refractivity contribution in [2.75, 3.05) is 13.2 Å². The maximum atomic E-state index is 11.4. The summed E-state index contributed by atoms with van der Waals surface area (Å²) in [6.45, 7) is 3.17. The van der Waals surface area contributed by atoms with Crippen molar-refractivity contribution in [1.82, 2.24) is 0 Å². The highest BCUT2D eigenvalue weighted by atomic mass is 16.6. The molecule has 0 unspecified atom stereocenters. The van der Waals surface area contributed by atoms with Crippen molar-refractivity contribution < 1.29 is 24.2 Å². The molecule has 0 radical (unpaired) electrons. The quantitative estimate of drug-likeness (QED) is 0.514. The molecule has 1 N–H and O–H groups in total. The summed E-state index contributed by atoms with van der Waals surface area (Å²) in [6.07, 6.45) is -0.477. The molecular weight excluding hydrogens is 214 g/mol. The van der Waals surface area contributed by atoms with E-state index in [4.69, 9.17) is 5.26 Å².